The second-order valence-corrected chi connectivity index (χ2v) is 6.62. The number of halogens is 2. The molecule has 1 fully saturated rings. The molecule has 0 spiro atoms. The van der Waals surface area contributed by atoms with E-state index in [1.54, 1.807) is 6.08 Å². The number of allylic oxidation sites excluding steroid dienone is 1. The average Bonchev–Trinajstić information content (AvgIpc) is 2.90. The zero-order valence-electron chi connectivity index (χ0n) is 14.2. The summed E-state index contributed by atoms with van der Waals surface area (Å²) in [4.78, 5) is 22.5. The van der Waals surface area contributed by atoms with E-state index in [1.165, 1.54) is 24.3 Å². The minimum absolute atomic E-state index is 0.0190. The zero-order chi connectivity index (χ0) is 18.2. The normalized spacial score (nSPS) is 20.5. The smallest absolute Gasteiger partial charge is 0.303 e. The minimum atomic E-state index is -0.781. The molecular weight excluding hydrogens is 326 g/mol. The highest BCUT2D eigenvalue weighted by atomic mass is 19.1. The summed E-state index contributed by atoms with van der Waals surface area (Å²) in [6.07, 6.45) is 8.65. The predicted octanol–water partition coefficient (Wildman–Crippen LogP) is 5.00. The third-order valence-electron chi connectivity index (χ3n) is 4.82. The Morgan fingerprint density at radius 3 is 2.52 bits per heavy atom. The van der Waals surface area contributed by atoms with Gasteiger partial charge < -0.3 is 5.11 Å². The standard InChI is InChI=1S/C20H24F2O3/c21-17-7-5-8-18(22)16(17)12-10-14-11-13-19(23)15(14)6-3-1-2-4-9-20(24)25/h5,7-8,10,12,14-15H,1-4,6,9,11,13H2,(H,24,25)/b12-10+. The number of carboxylic acids is 1. The molecule has 1 saturated carbocycles. The molecule has 1 aromatic rings. The highest BCUT2D eigenvalue weighted by Gasteiger charge is 2.32. The lowest BCUT2D eigenvalue weighted by molar-refractivity contribution is -0.137. The van der Waals surface area contributed by atoms with Gasteiger partial charge in [-0.2, -0.15) is 0 Å². The second kappa shape index (κ2) is 9.44. The van der Waals surface area contributed by atoms with E-state index in [0.717, 1.165) is 32.1 Å². The number of aliphatic carboxylic acids is 1. The zero-order valence-corrected chi connectivity index (χ0v) is 14.2. The van der Waals surface area contributed by atoms with Crippen molar-refractivity contribution >= 4 is 17.8 Å². The van der Waals surface area contributed by atoms with Crippen LogP contribution in [0.2, 0.25) is 0 Å². The maximum Gasteiger partial charge on any atom is 0.303 e. The Labute approximate surface area is 146 Å². The molecule has 1 N–H and O–H groups in total. The molecule has 5 heteroatoms. The summed E-state index contributed by atoms with van der Waals surface area (Å²) < 4.78 is 27.4. The summed E-state index contributed by atoms with van der Waals surface area (Å²) >= 11 is 0. The van der Waals surface area contributed by atoms with E-state index >= 15 is 0 Å². The van der Waals surface area contributed by atoms with Gasteiger partial charge in [0.05, 0.1) is 0 Å². The fourth-order valence-electron chi connectivity index (χ4n) is 3.42. The molecule has 0 aromatic heterocycles. The molecule has 2 unspecified atom stereocenters. The van der Waals surface area contributed by atoms with Crippen LogP contribution < -0.4 is 0 Å². The Morgan fingerprint density at radius 2 is 1.84 bits per heavy atom. The highest BCUT2D eigenvalue weighted by Crippen LogP contribution is 2.34. The molecule has 0 heterocycles. The van der Waals surface area contributed by atoms with Crippen LogP contribution in [0.5, 0.6) is 0 Å². The highest BCUT2D eigenvalue weighted by molar-refractivity contribution is 5.84. The first kappa shape index (κ1) is 19.3. The van der Waals surface area contributed by atoms with Gasteiger partial charge in [-0.05, 0) is 37.3 Å². The number of hydrogen-bond acceptors (Lipinski definition) is 2. The average molecular weight is 350 g/mol. The van der Waals surface area contributed by atoms with Crippen molar-refractivity contribution in [3.63, 3.8) is 0 Å². The van der Waals surface area contributed by atoms with E-state index in [2.05, 4.69) is 0 Å². The van der Waals surface area contributed by atoms with E-state index in [9.17, 15) is 18.4 Å². The number of benzene rings is 1. The van der Waals surface area contributed by atoms with Crippen LogP contribution in [0.15, 0.2) is 24.3 Å². The van der Waals surface area contributed by atoms with Gasteiger partial charge in [-0.1, -0.05) is 37.5 Å². The van der Waals surface area contributed by atoms with E-state index in [4.69, 9.17) is 5.11 Å². The number of Topliss-reactive ketones (excluding diaryl/α,β-unsaturated/α-hetero) is 1. The quantitative estimate of drug-likeness (QED) is 0.638. The number of unbranched alkanes of at least 4 members (excludes halogenated alkanes) is 3. The number of carbonyl (C=O) groups is 2. The molecule has 0 saturated heterocycles. The summed E-state index contributed by atoms with van der Waals surface area (Å²) in [6, 6.07) is 3.77. The topological polar surface area (TPSA) is 54.4 Å². The fraction of sp³-hybridized carbons (Fsp3) is 0.500. The van der Waals surface area contributed by atoms with Crippen molar-refractivity contribution in [3.05, 3.63) is 41.5 Å². The lowest BCUT2D eigenvalue weighted by Crippen LogP contribution is -2.13. The van der Waals surface area contributed by atoms with Crippen molar-refractivity contribution in [2.75, 3.05) is 0 Å². The first-order valence-electron chi connectivity index (χ1n) is 8.85. The predicted molar refractivity (Wildman–Crippen MR) is 92.0 cm³/mol. The first-order chi connectivity index (χ1) is 12.0. The third kappa shape index (κ3) is 5.76. The van der Waals surface area contributed by atoms with Crippen molar-refractivity contribution in [3.8, 4) is 0 Å². The van der Waals surface area contributed by atoms with Crippen molar-refractivity contribution in [2.45, 2.75) is 51.4 Å². The molecule has 0 amide bonds. The Balaban J connectivity index is 1.86. The van der Waals surface area contributed by atoms with Gasteiger partial charge in [0.2, 0.25) is 0 Å². The van der Waals surface area contributed by atoms with Crippen LogP contribution >= 0.6 is 0 Å². The lowest BCUT2D eigenvalue weighted by atomic mass is 9.89. The first-order valence-corrected chi connectivity index (χ1v) is 8.85. The van der Waals surface area contributed by atoms with Crippen molar-refractivity contribution in [1.82, 2.24) is 0 Å². The molecule has 25 heavy (non-hydrogen) atoms. The van der Waals surface area contributed by atoms with E-state index in [-0.39, 0.29) is 29.6 Å². The SMILES string of the molecule is O=C(O)CCCCCCC1C(=O)CCC1/C=C/c1c(F)cccc1F. The van der Waals surface area contributed by atoms with Crippen molar-refractivity contribution < 1.29 is 23.5 Å². The number of carbonyl (C=O) groups excluding carboxylic acids is 1. The minimum Gasteiger partial charge on any atom is -0.481 e. The van der Waals surface area contributed by atoms with Gasteiger partial charge in [-0.25, -0.2) is 8.78 Å². The second-order valence-electron chi connectivity index (χ2n) is 6.62. The van der Waals surface area contributed by atoms with Crippen molar-refractivity contribution in [2.24, 2.45) is 11.8 Å². The lowest BCUT2D eigenvalue weighted by Gasteiger charge is -2.15. The fourth-order valence-corrected chi connectivity index (χ4v) is 3.42. The number of rotatable bonds is 9. The van der Waals surface area contributed by atoms with Gasteiger partial charge in [-0.15, -0.1) is 0 Å². The molecule has 2 atom stereocenters. The summed E-state index contributed by atoms with van der Waals surface area (Å²) in [6.45, 7) is 0. The summed E-state index contributed by atoms with van der Waals surface area (Å²) in [7, 11) is 0. The third-order valence-corrected chi connectivity index (χ3v) is 4.82. The molecule has 136 valence electrons. The van der Waals surface area contributed by atoms with Gasteiger partial charge in [0, 0.05) is 24.3 Å². The van der Waals surface area contributed by atoms with Crippen LogP contribution in [0.25, 0.3) is 6.08 Å². The molecule has 1 aliphatic rings. The molecule has 0 aliphatic heterocycles. The summed E-state index contributed by atoms with van der Waals surface area (Å²) in [5, 5.41) is 8.60. The van der Waals surface area contributed by atoms with Crippen molar-refractivity contribution in [1.29, 1.82) is 0 Å². The van der Waals surface area contributed by atoms with Crippen LogP contribution in [0, 0.1) is 23.5 Å². The number of ketones is 1. The number of hydrogen-bond donors (Lipinski definition) is 1. The van der Waals surface area contributed by atoms with Gasteiger partial charge >= 0.3 is 5.97 Å². The Bertz CT molecular complexity index is 620. The Hall–Kier alpha value is -2.04. The molecular formula is C20H24F2O3. The number of carboxylic acid groups (broad SMARTS) is 1. The maximum absolute atomic E-state index is 13.7. The molecule has 0 radical (unpaired) electrons. The molecule has 1 aromatic carbocycles. The maximum atomic E-state index is 13.7. The van der Waals surface area contributed by atoms with Gasteiger partial charge in [0.1, 0.15) is 17.4 Å². The van der Waals surface area contributed by atoms with Gasteiger partial charge in [0.25, 0.3) is 0 Å². The molecule has 0 bridgehead atoms. The summed E-state index contributed by atoms with van der Waals surface area (Å²) in [5.41, 5.74) is -0.0609. The van der Waals surface area contributed by atoms with Crippen LogP contribution in [0.4, 0.5) is 8.78 Å². The monoisotopic (exact) mass is 350 g/mol. The van der Waals surface area contributed by atoms with E-state index in [1.807, 2.05) is 0 Å². The Kier molecular flexibility index (Phi) is 7.29. The summed E-state index contributed by atoms with van der Waals surface area (Å²) in [5.74, 6) is -1.84. The van der Waals surface area contributed by atoms with Gasteiger partial charge in [0.15, 0.2) is 0 Å². The van der Waals surface area contributed by atoms with Crippen LogP contribution in [0.1, 0.15) is 56.9 Å². The van der Waals surface area contributed by atoms with Crippen LogP contribution in [-0.4, -0.2) is 16.9 Å². The van der Waals surface area contributed by atoms with Gasteiger partial charge in [-0.3, -0.25) is 9.59 Å². The molecule has 1 aliphatic carbocycles. The molecule has 3 nitrogen and oxygen atoms in total. The van der Waals surface area contributed by atoms with Crippen LogP contribution in [0.3, 0.4) is 0 Å². The van der Waals surface area contributed by atoms with E-state index in [0.29, 0.717) is 12.8 Å². The van der Waals surface area contributed by atoms with E-state index < -0.39 is 17.6 Å². The molecule has 2 rings (SSSR count). The largest absolute Gasteiger partial charge is 0.481 e. The van der Waals surface area contributed by atoms with Crippen LogP contribution in [-0.2, 0) is 9.59 Å². The Morgan fingerprint density at radius 1 is 1.16 bits per heavy atom.